The number of nitrogens with one attached hydrogen (secondary N) is 2. The highest BCUT2D eigenvalue weighted by Gasteiger charge is 2.24. The monoisotopic (exact) mass is 407 g/mol. The zero-order valence-corrected chi connectivity index (χ0v) is 17.9. The lowest BCUT2D eigenvalue weighted by Gasteiger charge is -2.33. The molecule has 1 aromatic rings. The van der Waals surface area contributed by atoms with Crippen LogP contribution in [0.3, 0.4) is 0 Å². The molecule has 2 saturated heterocycles. The molecule has 2 heterocycles. The van der Waals surface area contributed by atoms with Crippen molar-refractivity contribution in [2.75, 3.05) is 25.0 Å². The molecule has 0 bridgehead atoms. The van der Waals surface area contributed by atoms with Crippen molar-refractivity contribution in [2.24, 2.45) is 11.8 Å². The molecule has 0 aliphatic carbocycles. The lowest BCUT2D eigenvalue weighted by atomic mass is 9.84. The van der Waals surface area contributed by atoms with E-state index in [1.807, 2.05) is 29.2 Å². The Morgan fingerprint density at radius 1 is 1.14 bits per heavy atom. The number of halogens is 1. The van der Waals surface area contributed by atoms with Crippen molar-refractivity contribution in [1.29, 1.82) is 0 Å². The van der Waals surface area contributed by atoms with E-state index in [4.69, 9.17) is 0 Å². The van der Waals surface area contributed by atoms with Crippen LogP contribution >= 0.6 is 12.4 Å². The summed E-state index contributed by atoms with van der Waals surface area (Å²) in [5.41, 5.74) is 1.46. The van der Waals surface area contributed by atoms with Gasteiger partial charge in [-0.3, -0.25) is 9.59 Å². The van der Waals surface area contributed by atoms with Gasteiger partial charge in [0, 0.05) is 30.3 Å². The van der Waals surface area contributed by atoms with Gasteiger partial charge < -0.3 is 15.5 Å². The summed E-state index contributed by atoms with van der Waals surface area (Å²) in [5, 5.41) is 6.36. The molecule has 0 radical (unpaired) electrons. The standard InChI is InChI=1S/C22H33N3O2.ClH/c1-16(18-10-12-23-13-11-18)15-21(26)24-20-8-6-19(7-9-20)22(27)25-14-4-3-5-17(25)2;/h6-9,16-18,23H,3-5,10-15H2,1-2H3,(H,24,26);1H. The number of anilines is 1. The summed E-state index contributed by atoms with van der Waals surface area (Å²) in [6, 6.07) is 7.65. The molecule has 2 aliphatic rings. The lowest BCUT2D eigenvalue weighted by Crippen LogP contribution is -2.42. The summed E-state index contributed by atoms with van der Waals surface area (Å²) < 4.78 is 0. The minimum atomic E-state index is 0. The Labute approximate surface area is 175 Å². The highest BCUT2D eigenvalue weighted by atomic mass is 35.5. The van der Waals surface area contributed by atoms with E-state index in [1.165, 1.54) is 6.42 Å². The Balaban J connectivity index is 0.00000280. The zero-order valence-electron chi connectivity index (χ0n) is 17.1. The van der Waals surface area contributed by atoms with Crippen molar-refractivity contribution < 1.29 is 9.59 Å². The fourth-order valence-corrected chi connectivity index (χ4v) is 4.35. The van der Waals surface area contributed by atoms with Crippen LogP contribution in [-0.4, -0.2) is 42.4 Å². The second-order valence-corrected chi connectivity index (χ2v) is 8.24. The van der Waals surface area contributed by atoms with Crippen LogP contribution in [0.25, 0.3) is 0 Å². The smallest absolute Gasteiger partial charge is 0.254 e. The second kappa shape index (κ2) is 10.8. The third-order valence-electron chi connectivity index (χ3n) is 6.18. The molecule has 5 nitrogen and oxygen atoms in total. The van der Waals surface area contributed by atoms with Crippen molar-refractivity contribution in [3.63, 3.8) is 0 Å². The number of amides is 2. The molecule has 2 amide bonds. The number of hydrogen-bond donors (Lipinski definition) is 2. The normalized spacial score (nSPS) is 21.5. The molecule has 3 rings (SSSR count). The Bertz CT molecular complexity index is 644. The van der Waals surface area contributed by atoms with Crippen LogP contribution < -0.4 is 10.6 Å². The first-order chi connectivity index (χ1) is 13.0. The Morgan fingerprint density at radius 2 is 1.82 bits per heavy atom. The highest BCUT2D eigenvalue weighted by molar-refractivity contribution is 5.96. The maximum absolute atomic E-state index is 12.7. The van der Waals surface area contributed by atoms with Crippen molar-refractivity contribution >= 4 is 29.9 Å². The predicted molar refractivity (Wildman–Crippen MR) is 116 cm³/mol. The Hall–Kier alpha value is -1.59. The molecule has 28 heavy (non-hydrogen) atoms. The van der Waals surface area contributed by atoms with Crippen molar-refractivity contribution in [2.45, 2.75) is 58.4 Å². The number of carbonyl (C=O) groups excluding carboxylic acids is 2. The molecule has 2 N–H and O–H groups in total. The number of piperidine rings is 2. The van der Waals surface area contributed by atoms with Crippen LogP contribution in [0.1, 0.15) is 62.7 Å². The minimum Gasteiger partial charge on any atom is -0.336 e. The summed E-state index contributed by atoms with van der Waals surface area (Å²) >= 11 is 0. The van der Waals surface area contributed by atoms with Gasteiger partial charge >= 0.3 is 0 Å². The average molecular weight is 408 g/mol. The molecule has 0 spiro atoms. The Kier molecular flexibility index (Phi) is 8.77. The van der Waals surface area contributed by atoms with Crippen LogP contribution in [0.4, 0.5) is 5.69 Å². The molecule has 156 valence electrons. The third kappa shape index (κ3) is 5.95. The lowest BCUT2D eigenvalue weighted by molar-refractivity contribution is -0.117. The van der Waals surface area contributed by atoms with E-state index in [-0.39, 0.29) is 24.2 Å². The van der Waals surface area contributed by atoms with E-state index in [2.05, 4.69) is 24.5 Å². The van der Waals surface area contributed by atoms with Crippen LogP contribution in [0, 0.1) is 11.8 Å². The van der Waals surface area contributed by atoms with Gasteiger partial charge in [0.15, 0.2) is 0 Å². The van der Waals surface area contributed by atoms with E-state index >= 15 is 0 Å². The summed E-state index contributed by atoms with van der Waals surface area (Å²) in [6.07, 6.45) is 6.22. The van der Waals surface area contributed by atoms with Gasteiger partial charge in [-0.1, -0.05) is 6.92 Å². The van der Waals surface area contributed by atoms with Gasteiger partial charge in [0.25, 0.3) is 5.91 Å². The van der Waals surface area contributed by atoms with Crippen LogP contribution in [0.5, 0.6) is 0 Å². The first-order valence-corrected chi connectivity index (χ1v) is 10.5. The van der Waals surface area contributed by atoms with Gasteiger partial charge in [-0.2, -0.15) is 0 Å². The van der Waals surface area contributed by atoms with E-state index in [0.717, 1.165) is 51.0 Å². The molecular formula is C22H34ClN3O2. The fourth-order valence-electron chi connectivity index (χ4n) is 4.35. The van der Waals surface area contributed by atoms with E-state index in [0.29, 0.717) is 29.9 Å². The zero-order chi connectivity index (χ0) is 19.2. The number of likely N-dealkylation sites (tertiary alicyclic amines) is 1. The molecule has 0 aromatic heterocycles. The molecule has 2 fully saturated rings. The molecule has 1 aromatic carbocycles. The molecule has 2 atom stereocenters. The van der Waals surface area contributed by atoms with Gasteiger partial charge in [0.1, 0.15) is 0 Å². The van der Waals surface area contributed by atoms with Crippen molar-refractivity contribution in [3.05, 3.63) is 29.8 Å². The molecule has 2 aliphatic heterocycles. The quantitative estimate of drug-likeness (QED) is 0.772. The summed E-state index contributed by atoms with van der Waals surface area (Å²) in [5.74, 6) is 1.18. The summed E-state index contributed by atoms with van der Waals surface area (Å²) in [7, 11) is 0. The van der Waals surface area contributed by atoms with Gasteiger partial charge in [0.2, 0.25) is 5.91 Å². The first-order valence-electron chi connectivity index (χ1n) is 10.5. The van der Waals surface area contributed by atoms with Crippen LogP contribution in [-0.2, 0) is 4.79 Å². The number of nitrogens with zero attached hydrogens (tertiary/aromatic N) is 1. The predicted octanol–water partition coefficient (Wildman–Crippen LogP) is 4.09. The SMILES string of the molecule is CC(CC(=O)Nc1ccc(C(=O)N2CCCCC2C)cc1)C1CCNCC1.Cl. The van der Waals surface area contributed by atoms with E-state index in [1.54, 1.807) is 0 Å². The maximum Gasteiger partial charge on any atom is 0.254 e. The average Bonchev–Trinajstić information content (AvgIpc) is 2.69. The van der Waals surface area contributed by atoms with Gasteiger partial charge in [0.05, 0.1) is 0 Å². The number of rotatable bonds is 5. The topological polar surface area (TPSA) is 61.4 Å². The number of hydrogen-bond acceptors (Lipinski definition) is 3. The van der Waals surface area contributed by atoms with Gasteiger partial charge in [-0.15, -0.1) is 12.4 Å². The summed E-state index contributed by atoms with van der Waals surface area (Å²) in [6.45, 7) is 7.25. The summed E-state index contributed by atoms with van der Waals surface area (Å²) in [4.78, 5) is 27.0. The molecular weight excluding hydrogens is 374 g/mol. The third-order valence-corrected chi connectivity index (χ3v) is 6.18. The van der Waals surface area contributed by atoms with Gasteiger partial charge in [-0.05, 0) is 88.2 Å². The highest BCUT2D eigenvalue weighted by Crippen LogP contribution is 2.25. The fraction of sp³-hybridized carbons (Fsp3) is 0.636. The second-order valence-electron chi connectivity index (χ2n) is 8.24. The number of carbonyl (C=O) groups is 2. The van der Waals surface area contributed by atoms with E-state index < -0.39 is 0 Å². The van der Waals surface area contributed by atoms with E-state index in [9.17, 15) is 9.59 Å². The largest absolute Gasteiger partial charge is 0.336 e. The number of benzene rings is 1. The molecule has 2 unspecified atom stereocenters. The van der Waals surface area contributed by atoms with Crippen LogP contribution in [0.2, 0.25) is 0 Å². The van der Waals surface area contributed by atoms with Crippen molar-refractivity contribution in [1.82, 2.24) is 10.2 Å². The van der Waals surface area contributed by atoms with Crippen molar-refractivity contribution in [3.8, 4) is 0 Å². The Morgan fingerprint density at radius 3 is 2.46 bits per heavy atom. The minimum absolute atomic E-state index is 0. The molecule has 6 heteroatoms. The van der Waals surface area contributed by atoms with Gasteiger partial charge in [-0.25, -0.2) is 0 Å². The maximum atomic E-state index is 12.7. The van der Waals surface area contributed by atoms with Crippen LogP contribution in [0.15, 0.2) is 24.3 Å². The molecule has 0 saturated carbocycles. The first kappa shape index (κ1) is 22.7.